The highest BCUT2D eigenvalue weighted by molar-refractivity contribution is 9.10. The van der Waals surface area contributed by atoms with Crippen molar-refractivity contribution in [3.05, 3.63) is 45.7 Å². The number of fused-ring (bicyclic) bond motifs is 1. The van der Waals surface area contributed by atoms with Crippen LogP contribution in [0.1, 0.15) is 33.5 Å². The van der Waals surface area contributed by atoms with Crippen molar-refractivity contribution < 1.29 is 14.3 Å². The lowest BCUT2D eigenvalue weighted by Gasteiger charge is -2.05. The van der Waals surface area contributed by atoms with Crippen molar-refractivity contribution in [3.63, 3.8) is 0 Å². The average molecular weight is 350 g/mol. The first-order valence-electron chi connectivity index (χ1n) is 6.45. The maximum atomic E-state index is 12.0. The van der Waals surface area contributed by atoms with Crippen LogP contribution in [0, 0.1) is 0 Å². The fourth-order valence-corrected chi connectivity index (χ4v) is 2.65. The van der Waals surface area contributed by atoms with Gasteiger partial charge in [-0.2, -0.15) is 5.10 Å². The standard InChI is InChI=1S/C14H12BrN3O3/c1-2-21-14(20)11-10-7-16-13(19)12(10)18(17-11)9-5-3-4-8(15)6-9/h3-6H,2,7H2,1H3,(H,16,19). The number of carbonyl (C=O) groups excluding carboxylic acids is 2. The van der Waals surface area contributed by atoms with Crippen LogP contribution in [-0.2, 0) is 11.3 Å². The van der Waals surface area contributed by atoms with E-state index in [2.05, 4.69) is 26.3 Å². The molecule has 0 atom stereocenters. The number of benzene rings is 1. The number of hydrogen-bond donors (Lipinski definition) is 1. The maximum Gasteiger partial charge on any atom is 0.359 e. The van der Waals surface area contributed by atoms with Gasteiger partial charge in [0.15, 0.2) is 5.69 Å². The molecule has 1 N–H and O–H groups in total. The first kappa shape index (κ1) is 13.8. The summed E-state index contributed by atoms with van der Waals surface area (Å²) < 4.78 is 7.34. The van der Waals surface area contributed by atoms with Gasteiger partial charge in [-0.1, -0.05) is 22.0 Å². The SMILES string of the molecule is CCOC(=O)c1nn(-c2cccc(Br)c2)c2c1CNC2=O. The Hall–Kier alpha value is -2.15. The highest BCUT2D eigenvalue weighted by atomic mass is 79.9. The molecule has 1 amide bonds. The summed E-state index contributed by atoms with van der Waals surface area (Å²) in [6, 6.07) is 7.36. The highest BCUT2D eigenvalue weighted by Gasteiger charge is 2.32. The molecular weight excluding hydrogens is 338 g/mol. The van der Waals surface area contributed by atoms with E-state index in [1.54, 1.807) is 6.92 Å². The van der Waals surface area contributed by atoms with E-state index in [1.807, 2.05) is 24.3 Å². The minimum absolute atomic E-state index is 0.185. The minimum Gasteiger partial charge on any atom is -0.461 e. The zero-order chi connectivity index (χ0) is 15.0. The van der Waals surface area contributed by atoms with E-state index >= 15 is 0 Å². The molecule has 0 unspecified atom stereocenters. The second-order valence-electron chi connectivity index (χ2n) is 4.47. The van der Waals surface area contributed by atoms with Crippen LogP contribution in [0.2, 0.25) is 0 Å². The van der Waals surface area contributed by atoms with Gasteiger partial charge < -0.3 is 10.1 Å². The Balaban J connectivity index is 2.16. The van der Waals surface area contributed by atoms with E-state index in [0.29, 0.717) is 16.9 Å². The van der Waals surface area contributed by atoms with Crippen LogP contribution in [0.15, 0.2) is 28.7 Å². The molecule has 7 heteroatoms. The summed E-state index contributed by atoms with van der Waals surface area (Å²) in [5.41, 5.74) is 1.85. The van der Waals surface area contributed by atoms with Gasteiger partial charge in [0.05, 0.1) is 12.3 Å². The molecule has 1 aromatic carbocycles. The molecule has 1 aliphatic rings. The Morgan fingerprint density at radius 3 is 3.05 bits per heavy atom. The first-order chi connectivity index (χ1) is 10.1. The quantitative estimate of drug-likeness (QED) is 0.860. The summed E-state index contributed by atoms with van der Waals surface area (Å²) in [6.07, 6.45) is 0. The number of nitrogens with zero attached hydrogens (tertiary/aromatic N) is 2. The van der Waals surface area contributed by atoms with E-state index in [-0.39, 0.29) is 24.8 Å². The van der Waals surface area contributed by atoms with Crippen LogP contribution in [0.25, 0.3) is 5.69 Å². The Bertz CT molecular complexity index is 739. The Morgan fingerprint density at radius 2 is 2.33 bits per heavy atom. The molecule has 0 bridgehead atoms. The van der Waals surface area contributed by atoms with Gasteiger partial charge in [0.2, 0.25) is 0 Å². The molecule has 21 heavy (non-hydrogen) atoms. The highest BCUT2D eigenvalue weighted by Crippen LogP contribution is 2.25. The van der Waals surface area contributed by atoms with Crippen molar-refractivity contribution in [1.29, 1.82) is 0 Å². The smallest absolute Gasteiger partial charge is 0.359 e. The van der Waals surface area contributed by atoms with Crippen LogP contribution < -0.4 is 5.32 Å². The molecule has 0 saturated carbocycles. The van der Waals surface area contributed by atoms with Gasteiger partial charge in [-0.15, -0.1) is 0 Å². The third-order valence-corrected chi connectivity index (χ3v) is 3.64. The second kappa shape index (κ2) is 5.33. The number of rotatable bonds is 3. The number of halogens is 1. The van der Waals surface area contributed by atoms with E-state index in [9.17, 15) is 9.59 Å². The number of aromatic nitrogens is 2. The van der Waals surface area contributed by atoms with Crippen molar-refractivity contribution in [3.8, 4) is 5.69 Å². The summed E-state index contributed by atoms with van der Waals surface area (Å²) in [6.45, 7) is 2.28. The summed E-state index contributed by atoms with van der Waals surface area (Å²) in [4.78, 5) is 24.0. The van der Waals surface area contributed by atoms with Crippen LogP contribution in [-0.4, -0.2) is 28.3 Å². The molecule has 0 spiro atoms. The fourth-order valence-electron chi connectivity index (χ4n) is 2.26. The third-order valence-electron chi connectivity index (χ3n) is 3.15. The van der Waals surface area contributed by atoms with Crippen LogP contribution in [0.4, 0.5) is 0 Å². The predicted octanol–water partition coefficient (Wildman–Crippen LogP) is 2.05. The molecule has 0 aliphatic carbocycles. The molecule has 1 aromatic heterocycles. The number of nitrogens with one attached hydrogen (secondary N) is 1. The molecule has 6 nitrogen and oxygen atoms in total. The van der Waals surface area contributed by atoms with Crippen LogP contribution in [0.5, 0.6) is 0 Å². The molecule has 1 aliphatic heterocycles. The third kappa shape index (κ3) is 2.33. The van der Waals surface area contributed by atoms with Crippen molar-refractivity contribution >= 4 is 27.8 Å². The van der Waals surface area contributed by atoms with Crippen LogP contribution >= 0.6 is 15.9 Å². The molecule has 0 fully saturated rings. The summed E-state index contributed by atoms with van der Waals surface area (Å²) in [5.74, 6) is -0.757. The van der Waals surface area contributed by atoms with Gasteiger partial charge in [0.1, 0.15) is 5.69 Å². The summed E-state index contributed by atoms with van der Waals surface area (Å²) >= 11 is 3.38. The topological polar surface area (TPSA) is 73.2 Å². The Kier molecular flexibility index (Phi) is 3.50. The number of hydrogen-bond acceptors (Lipinski definition) is 4. The normalized spacial score (nSPS) is 13.0. The van der Waals surface area contributed by atoms with Crippen molar-refractivity contribution in [2.24, 2.45) is 0 Å². The van der Waals surface area contributed by atoms with Gasteiger partial charge in [0, 0.05) is 16.6 Å². The fraction of sp³-hybridized carbons (Fsp3) is 0.214. The largest absolute Gasteiger partial charge is 0.461 e. The summed E-state index contributed by atoms with van der Waals surface area (Å²) in [7, 11) is 0. The van der Waals surface area contributed by atoms with E-state index in [4.69, 9.17) is 4.74 Å². The monoisotopic (exact) mass is 349 g/mol. The number of carbonyl (C=O) groups is 2. The van der Waals surface area contributed by atoms with Gasteiger partial charge >= 0.3 is 5.97 Å². The zero-order valence-corrected chi connectivity index (χ0v) is 12.8. The van der Waals surface area contributed by atoms with Crippen LogP contribution in [0.3, 0.4) is 0 Å². The lowest BCUT2D eigenvalue weighted by Crippen LogP contribution is -2.18. The van der Waals surface area contributed by atoms with Crippen molar-refractivity contribution in [2.45, 2.75) is 13.5 Å². The molecule has 0 radical (unpaired) electrons. The van der Waals surface area contributed by atoms with Gasteiger partial charge in [0.25, 0.3) is 5.91 Å². The zero-order valence-electron chi connectivity index (χ0n) is 11.2. The lowest BCUT2D eigenvalue weighted by atomic mass is 10.2. The first-order valence-corrected chi connectivity index (χ1v) is 7.24. The molecule has 3 rings (SSSR count). The van der Waals surface area contributed by atoms with Crippen molar-refractivity contribution in [1.82, 2.24) is 15.1 Å². The van der Waals surface area contributed by atoms with E-state index in [1.165, 1.54) is 4.68 Å². The van der Waals surface area contributed by atoms with Crippen molar-refractivity contribution in [2.75, 3.05) is 6.61 Å². The van der Waals surface area contributed by atoms with Gasteiger partial charge in [-0.25, -0.2) is 9.48 Å². The molecule has 0 saturated heterocycles. The molecular formula is C14H12BrN3O3. The molecule has 108 valence electrons. The number of esters is 1. The average Bonchev–Trinajstić information content (AvgIpc) is 3.00. The molecule has 2 heterocycles. The number of ether oxygens (including phenoxy) is 1. The Morgan fingerprint density at radius 1 is 1.52 bits per heavy atom. The number of amides is 1. The maximum absolute atomic E-state index is 12.0. The van der Waals surface area contributed by atoms with Gasteiger partial charge in [-0.05, 0) is 25.1 Å². The Labute approximate surface area is 129 Å². The minimum atomic E-state index is -0.515. The predicted molar refractivity (Wildman–Crippen MR) is 78.4 cm³/mol. The lowest BCUT2D eigenvalue weighted by molar-refractivity contribution is 0.0517. The van der Waals surface area contributed by atoms with Gasteiger partial charge in [-0.3, -0.25) is 4.79 Å². The summed E-state index contributed by atoms with van der Waals surface area (Å²) in [5, 5.41) is 6.98. The van der Waals surface area contributed by atoms with E-state index in [0.717, 1.165) is 4.47 Å². The molecule has 2 aromatic rings. The second-order valence-corrected chi connectivity index (χ2v) is 5.39. The van der Waals surface area contributed by atoms with E-state index < -0.39 is 5.97 Å².